The van der Waals surface area contributed by atoms with Gasteiger partial charge in [-0.15, -0.1) is 10.2 Å². The molecule has 0 spiro atoms. The second-order valence-corrected chi connectivity index (χ2v) is 7.97. The van der Waals surface area contributed by atoms with Gasteiger partial charge < -0.3 is 9.88 Å². The number of thioether (sulfide) groups is 1. The first-order chi connectivity index (χ1) is 12.5. The molecule has 0 saturated heterocycles. The standard InChI is InChI=1S/C20H30N4OS/c1-5-11-21-19(25)10-9-18-22-23-20(24(18)13-15(2)3)26-14-17-8-6-7-16(4)12-17/h6-8,12,15H,5,9-11,13-14H2,1-4H3,(H,21,25). The molecule has 0 aliphatic carbocycles. The molecule has 1 aromatic heterocycles. The normalized spacial score (nSPS) is 11.1. The van der Waals surface area contributed by atoms with E-state index in [2.05, 4.69) is 72.0 Å². The van der Waals surface area contributed by atoms with E-state index in [4.69, 9.17) is 0 Å². The van der Waals surface area contributed by atoms with Crippen LogP contribution in [0.1, 0.15) is 50.6 Å². The summed E-state index contributed by atoms with van der Waals surface area (Å²) in [5, 5.41) is 12.6. The summed E-state index contributed by atoms with van der Waals surface area (Å²) in [6, 6.07) is 8.54. The molecule has 0 unspecified atom stereocenters. The molecule has 142 valence electrons. The Balaban J connectivity index is 2.03. The summed E-state index contributed by atoms with van der Waals surface area (Å²) in [6.07, 6.45) is 2.04. The Labute approximate surface area is 161 Å². The van der Waals surface area contributed by atoms with Crippen LogP contribution < -0.4 is 5.32 Å². The van der Waals surface area contributed by atoms with Gasteiger partial charge in [0.05, 0.1) is 0 Å². The van der Waals surface area contributed by atoms with Crippen molar-refractivity contribution in [1.82, 2.24) is 20.1 Å². The molecular weight excluding hydrogens is 344 g/mol. The van der Waals surface area contributed by atoms with Gasteiger partial charge in [-0.1, -0.05) is 62.4 Å². The Morgan fingerprint density at radius 2 is 2.12 bits per heavy atom. The Bertz CT molecular complexity index is 712. The van der Waals surface area contributed by atoms with E-state index in [0.29, 0.717) is 18.8 Å². The minimum Gasteiger partial charge on any atom is -0.356 e. The summed E-state index contributed by atoms with van der Waals surface area (Å²) in [4.78, 5) is 11.9. The van der Waals surface area contributed by atoms with E-state index < -0.39 is 0 Å². The molecule has 0 aliphatic heterocycles. The van der Waals surface area contributed by atoms with Gasteiger partial charge in [-0.2, -0.15) is 0 Å². The number of rotatable bonds is 10. The maximum Gasteiger partial charge on any atom is 0.220 e. The van der Waals surface area contributed by atoms with Crippen LogP contribution in [0, 0.1) is 12.8 Å². The van der Waals surface area contributed by atoms with E-state index in [0.717, 1.165) is 36.2 Å². The van der Waals surface area contributed by atoms with Crippen LogP contribution in [-0.4, -0.2) is 27.2 Å². The largest absolute Gasteiger partial charge is 0.356 e. The predicted octanol–water partition coefficient (Wildman–Crippen LogP) is 3.99. The topological polar surface area (TPSA) is 59.8 Å². The van der Waals surface area contributed by atoms with Crippen LogP contribution in [0.15, 0.2) is 29.4 Å². The maximum absolute atomic E-state index is 11.9. The van der Waals surface area contributed by atoms with Gasteiger partial charge in [-0.25, -0.2) is 0 Å². The van der Waals surface area contributed by atoms with Crippen molar-refractivity contribution in [2.75, 3.05) is 6.54 Å². The highest BCUT2D eigenvalue weighted by Crippen LogP contribution is 2.23. The van der Waals surface area contributed by atoms with Crippen molar-refractivity contribution in [3.8, 4) is 0 Å². The summed E-state index contributed by atoms with van der Waals surface area (Å²) >= 11 is 1.71. The second kappa shape index (κ2) is 10.4. The molecule has 1 N–H and O–H groups in total. The highest BCUT2D eigenvalue weighted by molar-refractivity contribution is 7.98. The highest BCUT2D eigenvalue weighted by atomic mass is 32.2. The van der Waals surface area contributed by atoms with E-state index >= 15 is 0 Å². The number of nitrogens with zero attached hydrogens (tertiary/aromatic N) is 3. The van der Waals surface area contributed by atoms with E-state index in [-0.39, 0.29) is 5.91 Å². The van der Waals surface area contributed by atoms with Crippen molar-refractivity contribution in [1.29, 1.82) is 0 Å². The SMILES string of the molecule is CCCNC(=O)CCc1nnc(SCc2cccc(C)c2)n1CC(C)C. The smallest absolute Gasteiger partial charge is 0.220 e. The van der Waals surface area contributed by atoms with Crippen LogP contribution in [0.25, 0.3) is 0 Å². The molecule has 6 heteroatoms. The Kier molecular flexibility index (Phi) is 8.16. The zero-order chi connectivity index (χ0) is 18.9. The van der Waals surface area contributed by atoms with Crippen molar-refractivity contribution in [2.24, 2.45) is 5.92 Å². The van der Waals surface area contributed by atoms with Gasteiger partial charge in [0.25, 0.3) is 0 Å². The molecule has 0 saturated carbocycles. The fourth-order valence-corrected chi connectivity index (χ4v) is 3.60. The first kappa shape index (κ1) is 20.5. The zero-order valence-corrected chi connectivity index (χ0v) is 17.1. The van der Waals surface area contributed by atoms with Gasteiger partial charge in [0.15, 0.2) is 5.16 Å². The molecule has 0 bridgehead atoms. The third-order valence-electron chi connectivity index (χ3n) is 3.94. The van der Waals surface area contributed by atoms with Gasteiger partial charge in [-0.05, 0) is 24.8 Å². The number of aryl methyl sites for hydroxylation is 2. The Hall–Kier alpha value is -1.82. The minimum absolute atomic E-state index is 0.0833. The van der Waals surface area contributed by atoms with Crippen LogP contribution in [0.5, 0.6) is 0 Å². The van der Waals surface area contributed by atoms with Gasteiger partial charge in [0.2, 0.25) is 5.91 Å². The average molecular weight is 375 g/mol. The molecule has 0 fully saturated rings. The summed E-state index contributed by atoms with van der Waals surface area (Å²) in [5.74, 6) is 2.35. The Morgan fingerprint density at radius 1 is 1.31 bits per heavy atom. The van der Waals surface area contributed by atoms with Gasteiger partial charge in [-0.3, -0.25) is 4.79 Å². The number of amides is 1. The van der Waals surface area contributed by atoms with Crippen molar-refractivity contribution >= 4 is 17.7 Å². The van der Waals surface area contributed by atoms with Crippen LogP contribution in [0.4, 0.5) is 0 Å². The molecule has 5 nitrogen and oxygen atoms in total. The molecule has 1 aromatic carbocycles. The van der Waals surface area contributed by atoms with Crippen LogP contribution in [0.2, 0.25) is 0 Å². The first-order valence-electron chi connectivity index (χ1n) is 9.36. The van der Waals surface area contributed by atoms with Gasteiger partial charge in [0.1, 0.15) is 5.82 Å². The molecular formula is C20H30N4OS. The number of aromatic nitrogens is 3. The maximum atomic E-state index is 11.9. The third-order valence-corrected chi connectivity index (χ3v) is 4.98. The Morgan fingerprint density at radius 3 is 2.81 bits per heavy atom. The number of nitrogens with one attached hydrogen (secondary N) is 1. The molecule has 1 heterocycles. The molecule has 0 atom stereocenters. The molecule has 0 aliphatic rings. The number of carbonyl (C=O) groups is 1. The lowest BCUT2D eigenvalue weighted by Crippen LogP contribution is -2.24. The first-order valence-corrected chi connectivity index (χ1v) is 10.3. The van der Waals surface area contributed by atoms with Crippen molar-refractivity contribution in [2.45, 2.75) is 64.4 Å². The molecule has 2 aromatic rings. The highest BCUT2D eigenvalue weighted by Gasteiger charge is 2.15. The second-order valence-electron chi connectivity index (χ2n) is 7.03. The van der Waals surface area contributed by atoms with Crippen molar-refractivity contribution < 1.29 is 4.79 Å². The summed E-state index contributed by atoms with van der Waals surface area (Å²) in [7, 11) is 0. The van der Waals surface area contributed by atoms with Crippen LogP contribution >= 0.6 is 11.8 Å². The van der Waals surface area contributed by atoms with Gasteiger partial charge in [0, 0.05) is 31.7 Å². The zero-order valence-electron chi connectivity index (χ0n) is 16.3. The van der Waals surface area contributed by atoms with E-state index in [1.165, 1.54) is 11.1 Å². The fourth-order valence-electron chi connectivity index (χ4n) is 2.69. The summed E-state index contributed by atoms with van der Waals surface area (Å²) in [5.41, 5.74) is 2.56. The predicted molar refractivity (Wildman–Crippen MR) is 107 cm³/mol. The average Bonchev–Trinajstić information content (AvgIpc) is 2.97. The molecule has 2 rings (SSSR count). The summed E-state index contributed by atoms with van der Waals surface area (Å²) in [6.45, 7) is 10.1. The molecule has 1 amide bonds. The number of carbonyl (C=O) groups excluding carboxylic acids is 1. The van der Waals surface area contributed by atoms with Crippen LogP contribution in [-0.2, 0) is 23.5 Å². The van der Waals surface area contributed by atoms with Crippen LogP contribution in [0.3, 0.4) is 0 Å². The van der Waals surface area contributed by atoms with Gasteiger partial charge >= 0.3 is 0 Å². The lowest BCUT2D eigenvalue weighted by Gasteiger charge is -2.12. The van der Waals surface area contributed by atoms with Crippen molar-refractivity contribution in [3.63, 3.8) is 0 Å². The number of hydrogen-bond donors (Lipinski definition) is 1. The quantitative estimate of drug-likeness (QED) is 0.639. The van der Waals surface area contributed by atoms with Crippen molar-refractivity contribution in [3.05, 3.63) is 41.2 Å². The molecule has 0 radical (unpaired) electrons. The lowest BCUT2D eigenvalue weighted by atomic mass is 10.2. The fraction of sp³-hybridized carbons (Fsp3) is 0.550. The summed E-state index contributed by atoms with van der Waals surface area (Å²) < 4.78 is 2.18. The minimum atomic E-state index is 0.0833. The monoisotopic (exact) mass is 374 g/mol. The van der Waals surface area contributed by atoms with E-state index in [1.807, 2.05) is 0 Å². The molecule has 26 heavy (non-hydrogen) atoms. The number of benzene rings is 1. The van der Waals surface area contributed by atoms with E-state index in [9.17, 15) is 4.79 Å². The number of hydrogen-bond acceptors (Lipinski definition) is 4. The van der Waals surface area contributed by atoms with E-state index in [1.54, 1.807) is 11.8 Å². The third kappa shape index (κ3) is 6.48. The lowest BCUT2D eigenvalue weighted by molar-refractivity contribution is -0.121.